The van der Waals surface area contributed by atoms with Crippen LogP contribution in [0.4, 0.5) is 0 Å². The standard InChI is InChI=1S/C9H18ClNO2S/c1-9-5-3-2-4-7-11(9)14(12,13)8-6-10/h9H,2-8H2,1H3. The van der Waals surface area contributed by atoms with Crippen LogP contribution in [0.1, 0.15) is 32.6 Å². The van der Waals surface area contributed by atoms with Gasteiger partial charge in [0, 0.05) is 18.5 Å². The molecule has 0 aliphatic carbocycles. The third-order valence-electron chi connectivity index (χ3n) is 2.68. The van der Waals surface area contributed by atoms with Crippen LogP contribution in [0.25, 0.3) is 0 Å². The predicted octanol–water partition coefficient (Wildman–Crippen LogP) is 1.82. The zero-order valence-corrected chi connectivity index (χ0v) is 10.1. The summed E-state index contributed by atoms with van der Waals surface area (Å²) >= 11 is 5.49. The fourth-order valence-corrected chi connectivity index (χ4v) is 3.95. The van der Waals surface area contributed by atoms with Crippen molar-refractivity contribution in [2.24, 2.45) is 0 Å². The van der Waals surface area contributed by atoms with Crippen molar-refractivity contribution in [3.8, 4) is 0 Å². The molecule has 0 aromatic rings. The molecule has 1 fully saturated rings. The highest BCUT2D eigenvalue weighted by molar-refractivity contribution is 7.89. The Morgan fingerprint density at radius 2 is 2.07 bits per heavy atom. The van der Waals surface area contributed by atoms with Crippen LogP contribution in [0.5, 0.6) is 0 Å². The van der Waals surface area contributed by atoms with E-state index in [-0.39, 0.29) is 17.7 Å². The summed E-state index contributed by atoms with van der Waals surface area (Å²) in [6, 6.07) is 0.144. The van der Waals surface area contributed by atoms with E-state index in [9.17, 15) is 8.42 Å². The van der Waals surface area contributed by atoms with E-state index in [0.717, 1.165) is 25.7 Å². The highest BCUT2D eigenvalue weighted by Crippen LogP contribution is 2.19. The van der Waals surface area contributed by atoms with Gasteiger partial charge in [0.1, 0.15) is 0 Å². The molecule has 0 radical (unpaired) electrons. The molecule has 1 unspecified atom stereocenters. The summed E-state index contributed by atoms with van der Waals surface area (Å²) < 4.78 is 25.2. The highest BCUT2D eigenvalue weighted by atomic mass is 35.5. The summed E-state index contributed by atoms with van der Waals surface area (Å²) in [5, 5.41) is 0. The van der Waals surface area contributed by atoms with Gasteiger partial charge in [-0.15, -0.1) is 11.6 Å². The lowest BCUT2D eigenvalue weighted by atomic mass is 10.1. The Bertz CT molecular complexity index is 266. The molecule has 0 aromatic carbocycles. The fourth-order valence-electron chi connectivity index (χ4n) is 1.88. The number of sulfonamides is 1. The molecule has 84 valence electrons. The second-order valence-corrected chi connectivity index (χ2v) is 6.23. The Morgan fingerprint density at radius 1 is 1.36 bits per heavy atom. The maximum absolute atomic E-state index is 11.8. The number of hydrogen-bond acceptors (Lipinski definition) is 2. The molecule has 0 bridgehead atoms. The second kappa shape index (κ2) is 5.33. The lowest BCUT2D eigenvalue weighted by Crippen LogP contribution is -2.39. The monoisotopic (exact) mass is 239 g/mol. The van der Waals surface area contributed by atoms with Gasteiger partial charge < -0.3 is 0 Å². The van der Waals surface area contributed by atoms with Crippen LogP contribution in [0.2, 0.25) is 0 Å². The zero-order valence-electron chi connectivity index (χ0n) is 8.58. The summed E-state index contributed by atoms with van der Waals surface area (Å²) in [5.41, 5.74) is 0. The summed E-state index contributed by atoms with van der Waals surface area (Å²) in [6.07, 6.45) is 4.22. The van der Waals surface area contributed by atoms with Crippen molar-refractivity contribution >= 4 is 21.6 Å². The normalized spacial score (nSPS) is 26.0. The van der Waals surface area contributed by atoms with Crippen molar-refractivity contribution in [3.05, 3.63) is 0 Å². The molecule has 1 aliphatic rings. The van der Waals surface area contributed by atoms with Crippen molar-refractivity contribution in [3.63, 3.8) is 0 Å². The fraction of sp³-hybridized carbons (Fsp3) is 1.00. The van der Waals surface area contributed by atoms with Crippen LogP contribution in [-0.4, -0.2) is 36.9 Å². The first-order valence-electron chi connectivity index (χ1n) is 5.13. The Morgan fingerprint density at radius 3 is 2.71 bits per heavy atom. The average Bonchev–Trinajstić information content (AvgIpc) is 2.29. The molecule has 1 atom stereocenters. The van der Waals surface area contributed by atoms with Gasteiger partial charge in [-0.3, -0.25) is 0 Å². The van der Waals surface area contributed by atoms with E-state index in [0.29, 0.717) is 6.54 Å². The first kappa shape index (κ1) is 12.3. The third-order valence-corrected chi connectivity index (χ3v) is 5.07. The van der Waals surface area contributed by atoms with E-state index in [1.165, 1.54) is 0 Å². The number of alkyl halides is 1. The molecule has 0 saturated carbocycles. The lowest BCUT2D eigenvalue weighted by molar-refractivity contribution is 0.343. The second-order valence-electron chi connectivity index (χ2n) is 3.81. The summed E-state index contributed by atoms with van der Waals surface area (Å²) in [7, 11) is -3.10. The Hall–Kier alpha value is 0.200. The van der Waals surface area contributed by atoms with Crippen LogP contribution in [-0.2, 0) is 10.0 Å². The molecule has 1 heterocycles. The topological polar surface area (TPSA) is 37.4 Å². The van der Waals surface area contributed by atoms with Gasteiger partial charge >= 0.3 is 0 Å². The van der Waals surface area contributed by atoms with Crippen molar-refractivity contribution < 1.29 is 8.42 Å². The Kier molecular flexibility index (Phi) is 4.67. The smallest absolute Gasteiger partial charge is 0.212 e. The minimum absolute atomic E-state index is 0.0683. The Balaban J connectivity index is 2.72. The van der Waals surface area contributed by atoms with Crippen molar-refractivity contribution in [2.75, 3.05) is 18.2 Å². The number of nitrogens with zero attached hydrogens (tertiary/aromatic N) is 1. The molecule has 1 aliphatic heterocycles. The molecule has 0 N–H and O–H groups in total. The van der Waals surface area contributed by atoms with E-state index in [4.69, 9.17) is 11.6 Å². The third kappa shape index (κ3) is 3.11. The molecule has 0 amide bonds. The highest BCUT2D eigenvalue weighted by Gasteiger charge is 2.27. The van der Waals surface area contributed by atoms with Crippen molar-refractivity contribution in [2.45, 2.75) is 38.6 Å². The van der Waals surface area contributed by atoms with Crippen LogP contribution < -0.4 is 0 Å². The predicted molar refractivity (Wildman–Crippen MR) is 59.1 cm³/mol. The zero-order chi connectivity index (χ0) is 10.6. The molecule has 3 nitrogen and oxygen atoms in total. The van der Waals surface area contributed by atoms with Gasteiger partial charge in [-0.2, -0.15) is 4.31 Å². The van der Waals surface area contributed by atoms with Gasteiger partial charge in [0.2, 0.25) is 10.0 Å². The average molecular weight is 240 g/mol. The van der Waals surface area contributed by atoms with Crippen LogP contribution in [0.15, 0.2) is 0 Å². The minimum Gasteiger partial charge on any atom is -0.212 e. The van der Waals surface area contributed by atoms with Crippen molar-refractivity contribution in [1.29, 1.82) is 0 Å². The summed E-state index contributed by atoms with van der Waals surface area (Å²) in [4.78, 5) is 0. The van der Waals surface area contributed by atoms with E-state index >= 15 is 0 Å². The van der Waals surface area contributed by atoms with Crippen LogP contribution in [0.3, 0.4) is 0 Å². The molecule has 0 spiro atoms. The van der Waals surface area contributed by atoms with E-state index in [2.05, 4.69) is 0 Å². The van der Waals surface area contributed by atoms with Gasteiger partial charge in [0.05, 0.1) is 5.75 Å². The maximum atomic E-state index is 11.8. The van der Waals surface area contributed by atoms with Gasteiger partial charge in [-0.05, 0) is 19.8 Å². The SMILES string of the molecule is CC1CCCCCN1S(=O)(=O)CCCl. The molecule has 14 heavy (non-hydrogen) atoms. The quantitative estimate of drug-likeness (QED) is 0.705. The van der Waals surface area contributed by atoms with Gasteiger partial charge in [-0.1, -0.05) is 12.8 Å². The van der Waals surface area contributed by atoms with Crippen LogP contribution in [0, 0.1) is 0 Å². The molecule has 1 saturated heterocycles. The van der Waals surface area contributed by atoms with E-state index in [1.54, 1.807) is 4.31 Å². The minimum atomic E-state index is -3.10. The first-order valence-corrected chi connectivity index (χ1v) is 7.28. The number of rotatable bonds is 3. The maximum Gasteiger partial charge on any atom is 0.215 e. The van der Waals surface area contributed by atoms with Crippen LogP contribution >= 0.6 is 11.6 Å². The summed E-state index contributed by atoms with van der Waals surface area (Å²) in [5.74, 6) is 0.254. The number of hydrogen-bond donors (Lipinski definition) is 0. The molecule has 0 aromatic heterocycles. The van der Waals surface area contributed by atoms with Gasteiger partial charge in [-0.25, -0.2) is 8.42 Å². The number of halogens is 1. The molecular weight excluding hydrogens is 222 g/mol. The largest absolute Gasteiger partial charge is 0.215 e. The summed E-state index contributed by atoms with van der Waals surface area (Å²) in [6.45, 7) is 2.65. The van der Waals surface area contributed by atoms with Crippen molar-refractivity contribution in [1.82, 2.24) is 4.31 Å². The molecule has 5 heteroatoms. The van der Waals surface area contributed by atoms with E-state index in [1.807, 2.05) is 6.92 Å². The lowest BCUT2D eigenvalue weighted by Gasteiger charge is -2.25. The molecular formula is C9H18ClNO2S. The Labute approximate surface area is 91.5 Å². The van der Waals surface area contributed by atoms with Gasteiger partial charge in [0.15, 0.2) is 0 Å². The van der Waals surface area contributed by atoms with Gasteiger partial charge in [0.25, 0.3) is 0 Å². The first-order chi connectivity index (χ1) is 6.58. The van der Waals surface area contributed by atoms with E-state index < -0.39 is 10.0 Å². The molecule has 1 rings (SSSR count).